The van der Waals surface area contributed by atoms with Gasteiger partial charge in [-0.15, -0.1) is 0 Å². The van der Waals surface area contributed by atoms with Crippen molar-refractivity contribution in [3.8, 4) is 5.69 Å². The predicted octanol–water partition coefficient (Wildman–Crippen LogP) is 2.05. The van der Waals surface area contributed by atoms with Crippen molar-refractivity contribution in [2.45, 2.75) is 13.8 Å². The van der Waals surface area contributed by atoms with Gasteiger partial charge in [0.25, 0.3) is 5.56 Å². The average Bonchev–Trinajstić information content (AvgIpc) is 2.93. The van der Waals surface area contributed by atoms with Crippen LogP contribution in [-0.2, 0) is 0 Å². The van der Waals surface area contributed by atoms with E-state index >= 15 is 0 Å². The lowest BCUT2D eigenvalue weighted by Crippen LogP contribution is -2.17. The van der Waals surface area contributed by atoms with Gasteiger partial charge in [0.2, 0.25) is 5.78 Å². The van der Waals surface area contributed by atoms with Crippen LogP contribution in [0.5, 0.6) is 0 Å². The molecule has 4 rings (SSSR count). The maximum atomic E-state index is 12.6. The van der Waals surface area contributed by atoms with Gasteiger partial charge in [-0.3, -0.25) is 9.36 Å². The molecule has 0 bridgehead atoms. The van der Waals surface area contributed by atoms with Crippen molar-refractivity contribution >= 4 is 16.9 Å². The van der Waals surface area contributed by atoms with Gasteiger partial charge in [-0.2, -0.15) is 4.98 Å². The maximum Gasteiger partial charge on any atom is 0.287 e. The van der Waals surface area contributed by atoms with Gasteiger partial charge in [0.05, 0.1) is 5.69 Å². The Morgan fingerprint density at radius 2 is 1.91 bits per heavy atom. The molecule has 0 amide bonds. The highest BCUT2D eigenvalue weighted by molar-refractivity contribution is 5.74. The first-order chi connectivity index (χ1) is 10.6. The van der Waals surface area contributed by atoms with E-state index in [0.29, 0.717) is 16.9 Å². The van der Waals surface area contributed by atoms with Crippen molar-refractivity contribution in [3.05, 3.63) is 64.5 Å². The van der Waals surface area contributed by atoms with Gasteiger partial charge in [0, 0.05) is 12.4 Å². The zero-order valence-electron chi connectivity index (χ0n) is 12.2. The fraction of sp³-hybridized carbons (Fsp3) is 0.125. The number of nitrogens with zero attached hydrogens (tertiary/aromatic N) is 5. The van der Waals surface area contributed by atoms with Gasteiger partial charge in [-0.05, 0) is 31.0 Å². The molecule has 0 spiro atoms. The van der Waals surface area contributed by atoms with E-state index in [-0.39, 0.29) is 5.56 Å². The van der Waals surface area contributed by atoms with Gasteiger partial charge in [-0.1, -0.05) is 18.2 Å². The van der Waals surface area contributed by atoms with Gasteiger partial charge in [0.15, 0.2) is 11.2 Å². The topological polar surface area (TPSA) is 65.1 Å². The third kappa shape index (κ3) is 1.74. The molecule has 4 aromatic rings. The van der Waals surface area contributed by atoms with E-state index in [1.807, 2.05) is 42.7 Å². The molecule has 0 aliphatic carbocycles. The highest BCUT2D eigenvalue weighted by atomic mass is 16.1. The molecule has 0 unspecified atom stereocenters. The fourth-order valence-corrected chi connectivity index (χ4v) is 2.57. The van der Waals surface area contributed by atoms with Crippen LogP contribution >= 0.6 is 0 Å². The summed E-state index contributed by atoms with van der Waals surface area (Å²) in [7, 11) is 0. The molecule has 0 N–H and O–H groups in total. The fourth-order valence-electron chi connectivity index (χ4n) is 2.57. The van der Waals surface area contributed by atoms with Crippen LogP contribution in [0, 0.1) is 13.8 Å². The van der Waals surface area contributed by atoms with Gasteiger partial charge in [-0.25, -0.2) is 14.4 Å². The smallest absolute Gasteiger partial charge is 0.283 e. The van der Waals surface area contributed by atoms with Crippen LogP contribution in [0.25, 0.3) is 22.6 Å². The quantitative estimate of drug-likeness (QED) is 0.538. The molecule has 0 saturated carbocycles. The molecule has 0 aliphatic heterocycles. The van der Waals surface area contributed by atoms with Crippen molar-refractivity contribution in [3.63, 3.8) is 0 Å². The number of aryl methyl sites for hydroxylation is 2. The number of hydrogen-bond donors (Lipinski definition) is 0. The Kier molecular flexibility index (Phi) is 2.59. The first kappa shape index (κ1) is 12.7. The van der Waals surface area contributed by atoms with E-state index < -0.39 is 0 Å². The summed E-state index contributed by atoms with van der Waals surface area (Å²) in [5.41, 5.74) is 3.59. The van der Waals surface area contributed by atoms with Gasteiger partial charge >= 0.3 is 0 Å². The first-order valence-corrected chi connectivity index (χ1v) is 6.93. The second kappa shape index (κ2) is 4.49. The summed E-state index contributed by atoms with van der Waals surface area (Å²) in [6, 6.07) is 7.91. The van der Waals surface area contributed by atoms with Crippen molar-refractivity contribution in [1.29, 1.82) is 0 Å². The van der Waals surface area contributed by atoms with Crippen LogP contribution in [0.1, 0.15) is 11.1 Å². The average molecular weight is 291 g/mol. The standard InChI is InChI=1S/C16H13N5O/c1-10-7-17-16-19-14-13(15(22)20(16)8-10)18-9-21(14)12-6-4-3-5-11(12)2/h3-9H,1-2H3. The van der Waals surface area contributed by atoms with Gasteiger partial charge in [0.1, 0.15) is 6.33 Å². The van der Waals surface area contributed by atoms with E-state index in [2.05, 4.69) is 15.0 Å². The lowest BCUT2D eigenvalue weighted by molar-refractivity contribution is 0.987. The molecule has 6 heteroatoms. The maximum absolute atomic E-state index is 12.6. The number of rotatable bonds is 1. The second-order valence-corrected chi connectivity index (χ2v) is 5.29. The van der Waals surface area contributed by atoms with E-state index in [0.717, 1.165) is 16.8 Å². The Morgan fingerprint density at radius 1 is 1.09 bits per heavy atom. The van der Waals surface area contributed by atoms with E-state index in [4.69, 9.17) is 0 Å². The highest BCUT2D eigenvalue weighted by Gasteiger charge is 2.14. The number of imidazole rings is 1. The Morgan fingerprint density at radius 3 is 2.73 bits per heavy atom. The molecule has 0 saturated heterocycles. The minimum Gasteiger partial charge on any atom is -0.283 e. The summed E-state index contributed by atoms with van der Waals surface area (Å²) in [4.78, 5) is 25.6. The molecule has 0 aliphatic rings. The zero-order chi connectivity index (χ0) is 15.3. The number of para-hydroxylation sites is 1. The summed E-state index contributed by atoms with van der Waals surface area (Å²) in [5.74, 6) is 0.374. The van der Waals surface area contributed by atoms with E-state index in [1.165, 1.54) is 4.40 Å². The molecule has 0 radical (unpaired) electrons. The van der Waals surface area contributed by atoms with Crippen molar-refractivity contribution in [1.82, 2.24) is 23.9 Å². The third-order valence-corrected chi connectivity index (χ3v) is 3.68. The second-order valence-electron chi connectivity index (χ2n) is 5.29. The summed E-state index contributed by atoms with van der Waals surface area (Å²) < 4.78 is 3.26. The Hall–Kier alpha value is -3.02. The van der Waals surface area contributed by atoms with Gasteiger partial charge < -0.3 is 0 Å². The Labute approximate surface area is 125 Å². The summed E-state index contributed by atoms with van der Waals surface area (Å²) in [6.07, 6.45) is 5.06. The minimum atomic E-state index is -0.205. The minimum absolute atomic E-state index is 0.205. The lowest BCUT2D eigenvalue weighted by atomic mass is 10.2. The van der Waals surface area contributed by atoms with Crippen molar-refractivity contribution < 1.29 is 0 Å². The number of fused-ring (bicyclic) bond motifs is 2. The van der Waals surface area contributed by atoms with E-state index in [1.54, 1.807) is 18.7 Å². The molecule has 3 aromatic heterocycles. The monoisotopic (exact) mass is 291 g/mol. The molecule has 0 atom stereocenters. The number of benzene rings is 1. The summed E-state index contributed by atoms with van der Waals surface area (Å²) in [5, 5.41) is 0. The largest absolute Gasteiger partial charge is 0.287 e. The first-order valence-electron chi connectivity index (χ1n) is 6.93. The molecule has 3 heterocycles. The highest BCUT2D eigenvalue weighted by Crippen LogP contribution is 2.18. The van der Waals surface area contributed by atoms with Crippen molar-refractivity contribution in [2.75, 3.05) is 0 Å². The molecule has 22 heavy (non-hydrogen) atoms. The Bertz CT molecular complexity index is 1080. The molecule has 1 aromatic carbocycles. The van der Waals surface area contributed by atoms with Crippen LogP contribution < -0.4 is 5.56 Å². The third-order valence-electron chi connectivity index (χ3n) is 3.68. The predicted molar refractivity (Wildman–Crippen MR) is 83.4 cm³/mol. The van der Waals surface area contributed by atoms with Crippen molar-refractivity contribution in [2.24, 2.45) is 0 Å². The van der Waals surface area contributed by atoms with Crippen LogP contribution in [0.15, 0.2) is 47.8 Å². The Balaban J connectivity index is 2.12. The SMILES string of the molecule is Cc1cnc2nc3c(ncn3-c3ccccc3C)c(=O)n2c1. The lowest BCUT2D eigenvalue weighted by Gasteiger charge is -2.07. The summed E-state index contributed by atoms with van der Waals surface area (Å²) >= 11 is 0. The van der Waals surface area contributed by atoms with Crippen LogP contribution in [-0.4, -0.2) is 23.9 Å². The molecular weight excluding hydrogens is 278 g/mol. The normalized spacial score (nSPS) is 11.4. The van der Waals surface area contributed by atoms with E-state index in [9.17, 15) is 4.79 Å². The molecule has 108 valence electrons. The van der Waals surface area contributed by atoms with Crippen LogP contribution in [0.3, 0.4) is 0 Å². The molecule has 6 nitrogen and oxygen atoms in total. The zero-order valence-corrected chi connectivity index (χ0v) is 12.2. The van der Waals surface area contributed by atoms with Crippen LogP contribution in [0.4, 0.5) is 0 Å². The van der Waals surface area contributed by atoms with Crippen LogP contribution in [0.2, 0.25) is 0 Å². The molecule has 0 fully saturated rings. The molecular formula is C16H13N5O. The number of hydrogen-bond acceptors (Lipinski definition) is 4. The summed E-state index contributed by atoms with van der Waals surface area (Å²) in [6.45, 7) is 3.89. The number of aromatic nitrogens is 5.